The molecule has 2 unspecified atom stereocenters. The molecule has 5 heteroatoms. The maximum Gasteiger partial charge on any atom is 0.246 e. The first-order valence-electron chi connectivity index (χ1n) is 5.15. The van der Waals surface area contributed by atoms with Crippen molar-refractivity contribution >= 4 is 23.6 Å². The van der Waals surface area contributed by atoms with Crippen LogP contribution in [0.25, 0.3) is 0 Å². The van der Waals surface area contributed by atoms with E-state index in [-0.39, 0.29) is 17.9 Å². The molecule has 1 saturated heterocycles. The van der Waals surface area contributed by atoms with Gasteiger partial charge in [0.2, 0.25) is 11.8 Å². The Labute approximate surface area is 94.8 Å². The van der Waals surface area contributed by atoms with Crippen molar-refractivity contribution in [3.63, 3.8) is 0 Å². The van der Waals surface area contributed by atoms with Crippen LogP contribution < -0.4 is 5.32 Å². The zero-order chi connectivity index (χ0) is 11.4. The SMILES string of the molecule is CCC(CSC)NC1CC(=O)N(C)C1=O. The lowest BCUT2D eigenvalue weighted by molar-refractivity contribution is -0.137. The number of hydrogen-bond donors (Lipinski definition) is 1. The Balaban J connectivity index is 2.51. The first kappa shape index (κ1) is 12.5. The van der Waals surface area contributed by atoms with E-state index in [1.165, 1.54) is 4.90 Å². The number of hydrogen-bond acceptors (Lipinski definition) is 4. The second-order valence-corrected chi connectivity index (χ2v) is 4.69. The van der Waals surface area contributed by atoms with E-state index in [4.69, 9.17) is 0 Å². The molecule has 0 saturated carbocycles. The van der Waals surface area contributed by atoms with E-state index in [9.17, 15) is 9.59 Å². The molecule has 15 heavy (non-hydrogen) atoms. The second kappa shape index (κ2) is 5.51. The lowest BCUT2D eigenvalue weighted by Crippen LogP contribution is -2.43. The van der Waals surface area contributed by atoms with Crippen LogP contribution in [0.1, 0.15) is 19.8 Å². The lowest BCUT2D eigenvalue weighted by atomic mass is 10.2. The third kappa shape index (κ3) is 2.95. The molecule has 1 heterocycles. The molecule has 1 N–H and O–H groups in total. The molecule has 2 amide bonds. The van der Waals surface area contributed by atoms with Gasteiger partial charge in [0, 0.05) is 18.8 Å². The highest BCUT2D eigenvalue weighted by Gasteiger charge is 2.36. The first-order chi connectivity index (χ1) is 7.10. The fourth-order valence-electron chi connectivity index (χ4n) is 1.66. The van der Waals surface area contributed by atoms with Gasteiger partial charge in [-0.25, -0.2) is 0 Å². The third-order valence-corrected chi connectivity index (χ3v) is 3.41. The van der Waals surface area contributed by atoms with Crippen LogP contribution in [0.15, 0.2) is 0 Å². The number of likely N-dealkylation sites (tertiary alicyclic amines) is 1. The van der Waals surface area contributed by atoms with Crippen molar-refractivity contribution in [1.82, 2.24) is 10.2 Å². The zero-order valence-electron chi connectivity index (χ0n) is 9.45. The summed E-state index contributed by atoms with van der Waals surface area (Å²) in [5.74, 6) is 0.786. The van der Waals surface area contributed by atoms with Gasteiger partial charge in [0.25, 0.3) is 0 Å². The van der Waals surface area contributed by atoms with Gasteiger partial charge in [-0.2, -0.15) is 11.8 Å². The van der Waals surface area contributed by atoms with Crippen LogP contribution in [-0.4, -0.2) is 47.9 Å². The van der Waals surface area contributed by atoms with Crippen molar-refractivity contribution in [3.8, 4) is 0 Å². The highest BCUT2D eigenvalue weighted by molar-refractivity contribution is 7.98. The summed E-state index contributed by atoms with van der Waals surface area (Å²) in [6.07, 6.45) is 3.32. The second-order valence-electron chi connectivity index (χ2n) is 3.77. The van der Waals surface area contributed by atoms with Gasteiger partial charge in [-0.15, -0.1) is 0 Å². The van der Waals surface area contributed by atoms with Crippen LogP contribution in [0, 0.1) is 0 Å². The Morgan fingerprint density at radius 1 is 1.60 bits per heavy atom. The minimum atomic E-state index is -0.306. The van der Waals surface area contributed by atoms with Crippen LogP contribution in [0.5, 0.6) is 0 Å². The standard InChI is InChI=1S/C10H18N2O2S/c1-4-7(6-15-3)11-8-5-9(13)12(2)10(8)14/h7-8,11H,4-6H2,1-3H3. The van der Waals surface area contributed by atoms with Crippen molar-refractivity contribution in [2.24, 2.45) is 0 Å². The molecule has 0 spiro atoms. The van der Waals surface area contributed by atoms with E-state index in [2.05, 4.69) is 12.2 Å². The molecule has 1 fully saturated rings. The normalized spacial score (nSPS) is 23.7. The number of likely N-dealkylation sites (N-methyl/N-ethyl adjacent to an activating group) is 1. The highest BCUT2D eigenvalue weighted by Crippen LogP contribution is 2.13. The Morgan fingerprint density at radius 3 is 2.67 bits per heavy atom. The largest absolute Gasteiger partial charge is 0.302 e. The minimum absolute atomic E-state index is 0.0866. The number of nitrogens with zero attached hydrogens (tertiary/aromatic N) is 1. The topological polar surface area (TPSA) is 49.4 Å². The molecule has 0 aromatic rings. The number of nitrogens with one attached hydrogen (secondary N) is 1. The summed E-state index contributed by atoms with van der Waals surface area (Å²) >= 11 is 1.75. The number of carbonyl (C=O) groups is 2. The zero-order valence-corrected chi connectivity index (χ0v) is 10.3. The lowest BCUT2D eigenvalue weighted by Gasteiger charge is -2.19. The number of thioether (sulfide) groups is 1. The molecule has 0 bridgehead atoms. The Bertz CT molecular complexity index is 258. The van der Waals surface area contributed by atoms with Crippen molar-refractivity contribution < 1.29 is 9.59 Å². The summed E-state index contributed by atoms with van der Waals surface area (Å²) in [5.41, 5.74) is 0. The summed E-state index contributed by atoms with van der Waals surface area (Å²) in [6, 6.07) is 0.00727. The van der Waals surface area contributed by atoms with Gasteiger partial charge >= 0.3 is 0 Å². The first-order valence-corrected chi connectivity index (χ1v) is 6.54. The van der Waals surface area contributed by atoms with Crippen LogP contribution in [0.2, 0.25) is 0 Å². The maximum absolute atomic E-state index is 11.6. The van der Waals surface area contributed by atoms with Crippen LogP contribution in [0.4, 0.5) is 0 Å². The van der Waals surface area contributed by atoms with Gasteiger partial charge < -0.3 is 5.32 Å². The van der Waals surface area contributed by atoms with E-state index in [1.807, 2.05) is 6.26 Å². The molecule has 4 nitrogen and oxygen atoms in total. The molecule has 0 aliphatic carbocycles. The van der Waals surface area contributed by atoms with Crippen LogP contribution in [-0.2, 0) is 9.59 Å². The van der Waals surface area contributed by atoms with E-state index < -0.39 is 0 Å². The number of imide groups is 1. The van der Waals surface area contributed by atoms with Gasteiger partial charge in [-0.05, 0) is 12.7 Å². The molecule has 86 valence electrons. The van der Waals surface area contributed by atoms with Gasteiger partial charge in [0.15, 0.2) is 0 Å². The van der Waals surface area contributed by atoms with Crippen molar-refractivity contribution in [1.29, 1.82) is 0 Å². The van der Waals surface area contributed by atoms with Crippen molar-refractivity contribution in [2.45, 2.75) is 31.8 Å². The van der Waals surface area contributed by atoms with Gasteiger partial charge in [0.05, 0.1) is 12.5 Å². The van der Waals surface area contributed by atoms with Crippen molar-refractivity contribution in [2.75, 3.05) is 19.1 Å². The van der Waals surface area contributed by atoms with E-state index in [0.29, 0.717) is 12.5 Å². The summed E-state index contributed by atoms with van der Waals surface area (Å²) in [7, 11) is 1.54. The van der Waals surface area contributed by atoms with Gasteiger partial charge in [-0.1, -0.05) is 6.92 Å². The molecule has 0 aromatic heterocycles. The van der Waals surface area contributed by atoms with Crippen LogP contribution >= 0.6 is 11.8 Å². The Hall–Kier alpha value is -0.550. The average molecular weight is 230 g/mol. The van der Waals surface area contributed by atoms with E-state index >= 15 is 0 Å². The molecular formula is C10H18N2O2S. The molecular weight excluding hydrogens is 212 g/mol. The quantitative estimate of drug-likeness (QED) is 0.698. The fraction of sp³-hybridized carbons (Fsp3) is 0.800. The predicted molar refractivity (Wildman–Crippen MR) is 61.8 cm³/mol. The summed E-state index contributed by atoms with van der Waals surface area (Å²) in [6.45, 7) is 2.08. The molecule has 1 aliphatic rings. The fourth-order valence-corrected chi connectivity index (χ4v) is 2.39. The minimum Gasteiger partial charge on any atom is -0.302 e. The number of amides is 2. The summed E-state index contributed by atoms with van der Waals surface area (Å²) < 4.78 is 0. The van der Waals surface area contributed by atoms with E-state index in [0.717, 1.165) is 12.2 Å². The highest BCUT2D eigenvalue weighted by atomic mass is 32.2. The molecule has 1 rings (SSSR count). The molecule has 2 atom stereocenters. The maximum atomic E-state index is 11.6. The average Bonchev–Trinajstić information content (AvgIpc) is 2.46. The molecule has 1 aliphatic heterocycles. The van der Waals surface area contributed by atoms with Gasteiger partial charge in [-0.3, -0.25) is 14.5 Å². The smallest absolute Gasteiger partial charge is 0.246 e. The Kier molecular flexibility index (Phi) is 4.60. The van der Waals surface area contributed by atoms with E-state index in [1.54, 1.807) is 18.8 Å². The van der Waals surface area contributed by atoms with Crippen molar-refractivity contribution in [3.05, 3.63) is 0 Å². The monoisotopic (exact) mass is 230 g/mol. The summed E-state index contributed by atoms with van der Waals surface area (Å²) in [4.78, 5) is 24.1. The van der Waals surface area contributed by atoms with Gasteiger partial charge in [0.1, 0.15) is 0 Å². The van der Waals surface area contributed by atoms with Crippen LogP contribution in [0.3, 0.4) is 0 Å². The Morgan fingerprint density at radius 2 is 2.27 bits per heavy atom. The number of rotatable bonds is 5. The molecule has 0 radical (unpaired) electrons. The molecule has 0 aromatic carbocycles. The number of carbonyl (C=O) groups excluding carboxylic acids is 2. The summed E-state index contributed by atoms with van der Waals surface area (Å²) in [5, 5.41) is 3.24. The third-order valence-electron chi connectivity index (χ3n) is 2.68. The predicted octanol–water partition coefficient (Wildman–Crippen LogP) is 0.475.